The van der Waals surface area contributed by atoms with E-state index in [-0.39, 0.29) is 36.3 Å². The third-order valence-corrected chi connectivity index (χ3v) is 9.20. The molecule has 0 aromatic heterocycles. The molecule has 29 heavy (non-hydrogen) atoms. The van der Waals surface area contributed by atoms with Gasteiger partial charge in [0.05, 0.1) is 6.10 Å². The first-order chi connectivity index (χ1) is 13.7. The highest BCUT2D eigenvalue weighted by atomic mass is 16.8. The summed E-state index contributed by atoms with van der Waals surface area (Å²) in [4.78, 5) is 12.1. The number of epoxide rings is 3. The third-order valence-electron chi connectivity index (χ3n) is 9.20. The molecule has 9 heteroatoms. The minimum absolute atomic E-state index is 0.00828. The molecule has 0 bridgehead atoms. The molecule has 0 radical (unpaired) electrons. The van der Waals surface area contributed by atoms with Crippen LogP contribution in [0.4, 0.5) is 0 Å². The van der Waals surface area contributed by atoms with Crippen LogP contribution in [0.1, 0.15) is 39.5 Å². The molecule has 7 aliphatic rings. The van der Waals surface area contributed by atoms with Crippen LogP contribution in [0.25, 0.3) is 0 Å². The molecule has 0 aromatic rings. The van der Waals surface area contributed by atoms with Crippen molar-refractivity contribution in [3.8, 4) is 0 Å². The molecule has 2 saturated carbocycles. The van der Waals surface area contributed by atoms with Crippen molar-refractivity contribution in [3.63, 3.8) is 0 Å². The molecule has 1 unspecified atom stereocenters. The Hall–Kier alpha value is -1.07. The zero-order chi connectivity index (χ0) is 20.4. The van der Waals surface area contributed by atoms with Gasteiger partial charge in [0.2, 0.25) is 6.29 Å². The number of fused-ring (bicyclic) bond motifs is 4. The minimum atomic E-state index is -1.95. The highest BCUT2D eigenvalue weighted by molar-refractivity contribution is 5.93. The minimum Gasteiger partial charge on any atom is -0.428 e. The van der Waals surface area contributed by atoms with Gasteiger partial charge in [0, 0.05) is 17.6 Å². The van der Waals surface area contributed by atoms with Crippen LogP contribution in [0.2, 0.25) is 0 Å². The third kappa shape index (κ3) is 1.38. The van der Waals surface area contributed by atoms with E-state index in [1.807, 2.05) is 13.8 Å². The second-order valence-electron chi connectivity index (χ2n) is 9.85. The quantitative estimate of drug-likeness (QED) is 0.322. The van der Waals surface area contributed by atoms with E-state index in [1.54, 1.807) is 0 Å². The van der Waals surface area contributed by atoms with Gasteiger partial charge >= 0.3 is 5.97 Å². The molecular weight excluding hydrogens is 384 g/mol. The number of esters is 1. The largest absolute Gasteiger partial charge is 0.428 e. The van der Waals surface area contributed by atoms with E-state index in [9.17, 15) is 25.2 Å². The molecule has 2 spiro atoms. The van der Waals surface area contributed by atoms with Gasteiger partial charge in [0.1, 0.15) is 35.1 Å². The number of aliphatic hydroxyl groups excluding tert-OH is 2. The Balaban J connectivity index is 1.40. The first-order valence-corrected chi connectivity index (χ1v) is 10.4. The van der Waals surface area contributed by atoms with Gasteiger partial charge in [-0.3, -0.25) is 0 Å². The predicted molar refractivity (Wildman–Crippen MR) is 91.1 cm³/mol. The summed E-state index contributed by atoms with van der Waals surface area (Å²) in [6.07, 6.45) is -3.21. The maximum absolute atomic E-state index is 12.1. The standard InChI is InChI=1S/C20H24O9/c1-3-7(2)18-11(28-18)12-20(29-12)17(25)5-4-8-10(14(22)26-13(8)21)16(17,24)6-9-19(20,27-9)15(18)23/h7,9,11-12,14-15,22-25H,3-6H2,1-2H3/t7?,9-,11-,12-,14-,15+,16+,17-,18-,19+,20+/m0/s1. The molecule has 3 saturated heterocycles. The van der Waals surface area contributed by atoms with Crippen LogP contribution in [-0.4, -0.2) is 85.1 Å². The van der Waals surface area contributed by atoms with Crippen LogP contribution in [0, 0.1) is 5.92 Å². The number of hydrogen-bond donors (Lipinski definition) is 4. The molecular formula is C20H24O9. The van der Waals surface area contributed by atoms with Gasteiger partial charge in [-0.1, -0.05) is 20.3 Å². The average Bonchev–Trinajstić information content (AvgIpc) is 3.55. The predicted octanol–water partition coefficient (Wildman–Crippen LogP) is -1.35. The summed E-state index contributed by atoms with van der Waals surface area (Å²) < 4.78 is 23.2. The van der Waals surface area contributed by atoms with Crippen LogP contribution in [-0.2, 0) is 23.7 Å². The highest BCUT2D eigenvalue weighted by Crippen LogP contribution is 2.81. The monoisotopic (exact) mass is 408 g/mol. The lowest BCUT2D eigenvalue weighted by Gasteiger charge is -2.56. The number of hydrogen-bond acceptors (Lipinski definition) is 9. The molecule has 7 rings (SSSR count). The Kier molecular flexibility index (Phi) is 2.69. The summed E-state index contributed by atoms with van der Waals surface area (Å²) in [6, 6.07) is 0. The fourth-order valence-electron chi connectivity index (χ4n) is 7.56. The van der Waals surface area contributed by atoms with E-state index in [1.165, 1.54) is 0 Å². The lowest BCUT2D eigenvalue weighted by Crippen LogP contribution is -2.78. The van der Waals surface area contributed by atoms with Crippen molar-refractivity contribution in [3.05, 3.63) is 11.1 Å². The Labute approximate surface area is 166 Å². The molecule has 0 aromatic carbocycles. The maximum atomic E-state index is 12.1. The van der Waals surface area contributed by atoms with Gasteiger partial charge in [-0.05, 0) is 18.8 Å². The fourth-order valence-corrected chi connectivity index (χ4v) is 7.56. The highest BCUT2D eigenvalue weighted by Gasteiger charge is 3.03. The zero-order valence-electron chi connectivity index (χ0n) is 16.1. The van der Waals surface area contributed by atoms with Crippen molar-refractivity contribution in [2.45, 2.75) is 98.2 Å². The van der Waals surface area contributed by atoms with Gasteiger partial charge in [0.15, 0.2) is 11.2 Å². The summed E-state index contributed by atoms with van der Waals surface area (Å²) in [7, 11) is 0. The smallest absolute Gasteiger partial charge is 0.336 e. The van der Waals surface area contributed by atoms with Crippen LogP contribution in [0.15, 0.2) is 11.1 Å². The number of aliphatic hydroxyl groups is 4. The normalized spacial score (nSPS) is 63.9. The summed E-state index contributed by atoms with van der Waals surface area (Å²) in [6.45, 7) is 4.06. The summed E-state index contributed by atoms with van der Waals surface area (Å²) in [5.41, 5.74) is -6.87. The van der Waals surface area contributed by atoms with Gasteiger partial charge in [-0.25, -0.2) is 4.79 Å². The van der Waals surface area contributed by atoms with Crippen LogP contribution < -0.4 is 0 Å². The van der Waals surface area contributed by atoms with Crippen molar-refractivity contribution >= 4 is 5.97 Å². The number of cyclic esters (lactones) is 1. The SMILES string of the molecule is CCC(C)[C@]12O[C@H]1[C@@H]1O[C@]13[C@]1(O[C@H]1C[C@@]1(O)C4=C(CC[C@@]31O)C(=O)O[C@@H]4O)[C@@H]2O. The fraction of sp³-hybridized carbons (Fsp3) is 0.850. The Bertz CT molecular complexity index is 918. The lowest BCUT2D eigenvalue weighted by molar-refractivity contribution is -0.226. The van der Waals surface area contributed by atoms with E-state index in [0.717, 1.165) is 6.42 Å². The first-order valence-electron chi connectivity index (χ1n) is 10.4. The molecule has 11 atom stereocenters. The maximum Gasteiger partial charge on any atom is 0.336 e. The Morgan fingerprint density at radius 1 is 1.17 bits per heavy atom. The summed E-state index contributed by atoms with van der Waals surface area (Å²) in [5.74, 6) is -0.602. The molecule has 3 aliphatic carbocycles. The molecule has 4 N–H and O–H groups in total. The van der Waals surface area contributed by atoms with Crippen molar-refractivity contribution in [1.82, 2.24) is 0 Å². The van der Waals surface area contributed by atoms with E-state index in [0.29, 0.717) is 0 Å². The van der Waals surface area contributed by atoms with Crippen LogP contribution in [0.5, 0.6) is 0 Å². The van der Waals surface area contributed by atoms with E-state index in [4.69, 9.17) is 18.9 Å². The van der Waals surface area contributed by atoms with Gasteiger partial charge in [-0.2, -0.15) is 0 Å². The van der Waals surface area contributed by atoms with Gasteiger partial charge < -0.3 is 39.4 Å². The first kappa shape index (κ1) is 17.6. The van der Waals surface area contributed by atoms with E-state index < -0.39 is 64.7 Å². The zero-order valence-corrected chi connectivity index (χ0v) is 16.1. The van der Waals surface area contributed by atoms with Crippen molar-refractivity contribution in [2.24, 2.45) is 5.92 Å². The van der Waals surface area contributed by atoms with E-state index >= 15 is 0 Å². The summed E-state index contributed by atoms with van der Waals surface area (Å²) >= 11 is 0. The molecule has 4 aliphatic heterocycles. The summed E-state index contributed by atoms with van der Waals surface area (Å²) in [5, 5.41) is 45.5. The lowest BCUT2D eigenvalue weighted by atomic mass is 9.49. The van der Waals surface area contributed by atoms with Gasteiger partial charge in [0.25, 0.3) is 0 Å². The molecule has 5 fully saturated rings. The number of ether oxygens (including phenoxy) is 4. The molecule has 158 valence electrons. The molecule has 4 heterocycles. The van der Waals surface area contributed by atoms with Crippen molar-refractivity contribution in [2.75, 3.05) is 0 Å². The Morgan fingerprint density at radius 3 is 2.66 bits per heavy atom. The second kappa shape index (κ2) is 4.43. The number of carbonyl (C=O) groups excluding carboxylic acids is 1. The van der Waals surface area contributed by atoms with Crippen LogP contribution in [0.3, 0.4) is 0 Å². The number of rotatable bonds is 2. The molecule has 9 nitrogen and oxygen atoms in total. The second-order valence-corrected chi connectivity index (χ2v) is 9.85. The average molecular weight is 408 g/mol. The topological polar surface area (TPSA) is 145 Å². The molecule has 0 amide bonds. The van der Waals surface area contributed by atoms with E-state index in [2.05, 4.69) is 0 Å². The van der Waals surface area contributed by atoms with Gasteiger partial charge in [-0.15, -0.1) is 0 Å². The van der Waals surface area contributed by atoms with Crippen molar-refractivity contribution < 1.29 is 44.2 Å². The number of carbonyl (C=O) groups is 1. The Morgan fingerprint density at radius 2 is 1.93 bits per heavy atom. The van der Waals surface area contributed by atoms with Crippen molar-refractivity contribution in [1.29, 1.82) is 0 Å². The van der Waals surface area contributed by atoms with Crippen LogP contribution >= 0.6 is 0 Å².